The van der Waals surface area contributed by atoms with Gasteiger partial charge >= 0.3 is 0 Å². The number of likely N-dealkylation sites (tertiary alicyclic amines) is 1. The highest BCUT2D eigenvalue weighted by molar-refractivity contribution is 5.28. The van der Waals surface area contributed by atoms with E-state index in [0.717, 1.165) is 45.0 Å². The van der Waals surface area contributed by atoms with Crippen LogP contribution in [0.2, 0.25) is 0 Å². The Balaban J connectivity index is 1.08. The van der Waals surface area contributed by atoms with Crippen LogP contribution < -0.4 is 4.74 Å². The molecule has 4 aliphatic rings. The predicted octanol–water partition coefficient (Wildman–Crippen LogP) is 1.67. The first-order chi connectivity index (χ1) is 14.6. The second-order valence-electron chi connectivity index (χ2n) is 9.88. The van der Waals surface area contributed by atoms with Gasteiger partial charge < -0.3 is 19.5 Å². The van der Waals surface area contributed by atoms with E-state index in [2.05, 4.69) is 39.9 Å². The Morgan fingerprint density at radius 2 is 1.87 bits per heavy atom. The van der Waals surface area contributed by atoms with Gasteiger partial charge in [0, 0.05) is 51.1 Å². The van der Waals surface area contributed by atoms with Gasteiger partial charge in [-0.3, -0.25) is 9.80 Å². The zero-order valence-corrected chi connectivity index (χ0v) is 18.3. The number of ether oxygens (including phenoxy) is 2. The molecule has 0 saturated carbocycles. The average Bonchev–Trinajstić information content (AvgIpc) is 3.41. The smallest absolute Gasteiger partial charge is 0.119 e. The van der Waals surface area contributed by atoms with E-state index in [1.807, 2.05) is 6.07 Å². The van der Waals surface area contributed by atoms with Crippen molar-refractivity contribution in [3.63, 3.8) is 0 Å². The van der Waals surface area contributed by atoms with Crippen LogP contribution in [-0.2, 0) is 11.3 Å². The van der Waals surface area contributed by atoms with Crippen molar-refractivity contribution >= 4 is 0 Å². The van der Waals surface area contributed by atoms with Crippen LogP contribution in [0.1, 0.15) is 24.8 Å². The number of hydrogen-bond donors (Lipinski definition) is 1. The first-order valence-electron chi connectivity index (χ1n) is 11.8. The highest BCUT2D eigenvalue weighted by atomic mass is 16.5. The van der Waals surface area contributed by atoms with Crippen molar-refractivity contribution in [1.29, 1.82) is 0 Å². The molecule has 1 aromatic carbocycles. The molecule has 1 unspecified atom stereocenters. The molecule has 1 N–H and O–H groups in total. The van der Waals surface area contributed by atoms with Crippen molar-refractivity contribution < 1.29 is 14.6 Å². The maximum Gasteiger partial charge on any atom is 0.119 e. The number of nitrogens with zero attached hydrogens (tertiary/aromatic N) is 3. The number of rotatable bonds is 7. The summed E-state index contributed by atoms with van der Waals surface area (Å²) in [7, 11) is 2.20. The van der Waals surface area contributed by atoms with Gasteiger partial charge in [0.1, 0.15) is 18.5 Å². The fourth-order valence-electron chi connectivity index (χ4n) is 5.99. The van der Waals surface area contributed by atoms with Crippen molar-refractivity contribution in [2.45, 2.75) is 44.1 Å². The highest BCUT2D eigenvalue weighted by Gasteiger charge is 2.52. The number of aliphatic hydroxyl groups is 1. The molecule has 6 nitrogen and oxygen atoms in total. The first-order valence-corrected chi connectivity index (χ1v) is 11.8. The Kier molecular flexibility index (Phi) is 6.30. The summed E-state index contributed by atoms with van der Waals surface area (Å²) in [6.45, 7) is 8.75. The zero-order chi connectivity index (χ0) is 20.5. The topological polar surface area (TPSA) is 48.4 Å². The van der Waals surface area contributed by atoms with E-state index in [4.69, 9.17) is 9.47 Å². The van der Waals surface area contributed by atoms with E-state index >= 15 is 0 Å². The molecule has 4 heterocycles. The molecule has 4 aliphatic heterocycles. The van der Waals surface area contributed by atoms with Gasteiger partial charge in [0.2, 0.25) is 0 Å². The normalized spacial score (nSPS) is 33.5. The van der Waals surface area contributed by atoms with Gasteiger partial charge in [-0.25, -0.2) is 0 Å². The summed E-state index contributed by atoms with van der Waals surface area (Å²) in [6, 6.07) is 8.38. The van der Waals surface area contributed by atoms with Crippen LogP contribution in [0, 0.1) is 11.8 Å². The lowest BCUT2D eigenvalue weighted by atomic mass is 9.82. The lowest BCUT2D eigenvalue weighted by Gasteiger charge is -2.22. The second kappa shape index (κ2) is 9.13. The van der Waals surface area contributed by atoms with Crippen LogP contribution in [-0.4, -0.2) is 97.6 Å². The summed E-state index contributed by atoms with van der Waals surface area (Å²) in [4.78, 5) is 7.36. The molecule has 5 rings (SSSR count). The summed E-state index contributed by atoms with van der Waals surface area (Å²) < 4.78 is 12.0. The average molecular weight is 416 g/mol. The van der Waals surface area contributed by atoms with Gasteiger partial charge in [0.25, 0.3) is 0 Å². The fourth-order valence-corrected chi connectivity index (χ4v) is 5.99. The highest BCUT2D eigenvalue weighted by Crippen LogP contribution is 2.47. The molecule has 30 heavy (non-hydrogen) atoms. The monoisotopic (exact) mass is 415 g/mol. The van der Waals surface area contributed by atoms with Crippen molar-refractivity contribution in [1.82, 2.24) is 14.7 Å². The number of aliphatic hydroxyl groups excluding tert-OH is 1. The molecular formula is C24H37N3O3. The van der Waals surface area contributed by atoms with E-state index in [-0.39, 0.29) is 0 Å². The molecule has 4 fully saturated rings. The van der Waals surface area contributed by atoms with Gasteiger partial charge in [-0.2, -0.15) is 0 Å². The summed E-state index contributed by atoms with van der Waals surface area (Å²) in [5, 5.41) is 10.6. The van der Waals surface area contributed by atoms with Gasteiger partial charge in [-0.05, 0) is 57.1 Å². The summed E-state index contributed by atoms with van der Waals surface area (Å²) in [6.07, 6.45) is 4.19. The minimum absolute atomic E-state index is 0.354. The van der Waals surface area contributed by atoms with Crippen molar-refractivity contribution in [3.8, 4) is 5.75 Å². The quantitative estimate of drug-likeness (QED) is 0.731. The maximum absolute atomic E-state index is 10.6. The maximum atomic E-state index is 10.6. The Morgan fingerprint density at radius 3 is 2.67 bits per heavy atom. The van der Waals surface area contributed by atoms with Gasteiger partial charge in [0.15, 0.2) is 0 Å². The predicted molar refractivity (Wildman–Crippen MR) is 117 cm³/mol. The standard InChI is InChI=1S/C24H37N3O3/c1-25-8-3-9-26(11-10-25)13-18-4-2-5-20(12-18)29-17-19(28)14-27-15-21-22(16-27)24-7-6-23(21)30-24/h2,4-5,12,19,21-24,28H,3,6-11,13-17H2,1H3/t19?,21-,22+,23+,24-. The third-order valence-corrected chi connectivity index (χ3v) is 7.56. The van der Waals surface area contributed by atoms with E-state index in [1.54, 1.807) is 0 Å². The molecule has 0 aromatic heterocycles. The summed E-state index contributed by atoms with van der Waals surface area (Å²) in [5.74, 6) is 2.24. The van der Waals surface area contributed by atoms with Crippen LogP contribution in [0.15, 0.2) is 24.3 Å². The van der Waals surface area contributed by atoms with E-state index < -0.39 is 6.10 Å². The molecule has 0 amide bonds. The van der Waals surface area contributed by atoms with Crippen LogP contribution >= 0.6 is 0 Å². The summed E-state index contributed by atoms with van der Waals surface area (Å²) in [5.41, 5.74) is 1.29. The molecule has 1 aromatic rings. The number of fused-ring (bicyclic) bond motifs is 5. The molecule has 2 bridgehead atoms. The molecule has 6 heteroatoms. The van der Waals surface area contributed by atoms with Gasteiger partial charge in [0.05, 0.1) is 12.2 Å². The Morgan fingerprint density at radius 1 is 1.07 bits per heavy atom. The Hall–Kier alpha value is -1.18. The number of likely N-dealkylation sites (N-methyl/N-ethyl adjacent to an activating group) is 1. The lowest BCUT2D eigenvalue weighted by Crippen LogP contribution is -2.35. The van der Waals surface area contributed by atoms with Gasteiger partial charge in [-0.1, -0.05) is 12.1 Å². The van der Waals surface area contributed by atoms with Crippen molar-refractivity contribution in [2.24, 2.45) is 11.8 Å². The third-order valence-electron chi connectivity index (χ3n) is 7.56. The van der Waals surface area contributed by atoms with Crippen molar-refractivity contribution in [2.75, 3.05) is 59.5 Å². The van der Waals surface area contributed by atoms with Gasteiger partial charge in [-0.15, -0.1) is 0 Å². The number of β-amino-alcohol motifs (C(OH)–C–C–N with tert-alkyl or cyclic N) is 1. The largest absolute Gasteiger partial charge is 0.491 e. The molecule has 0 spiro atoms. The van der Waals surface area contributed by atoms with Crippen LogP contribution in [0.3, 0.4) is 0 Å². The number of hydrogen-bond acceptors (Lipinski definition) is 6. The molecule has 166 valence electrons. The molecule has 4 saturated heterocycles. The molecule has 5 atom stereocenters. The second-order valence-corrected chi connectivity index (χ2v) is 9.88. The minimum atomic E-state index is -0.452. The fraction of sp³-hybridized carbons (Fsp3) is 0.750. The van der Waals surface area contributed by atoms with Crippen LogP contribution in [0.5, 0.6) is 5.75 Å². The SMILES string of the molecule is CN1CCCN(Cc2cccc(OCC(O)CN3C[C@@H]4[C@H](C3)[C@H]3CC[C@@H]4O3)c2)CC1. The number of benzene rings is 1. The van der Waals surface area contributed by atoms with Crippen LogP contribution in [0.25, 0.3) is 0 Å². The molecular weight excluding hydrogens is 378 g/mol. The Labute approximate surface area is 180 Å². The first kappa shape index (κ1) is 20.7. The van der Waals surface area contributed by atoms with E-state index in [1.165, 1.54) is 31.4 Å². The van der Waals surface area contributed by atoms with E-state index in [0.29, 0.717) is 37.2 Å². The summed E-state index contributed by atoms with van der Waals surface area (Å²) >= 11 is 0. The molecule has 0 aliphatic carbocycles. The zero-order valence-electron chi connectivity index (χ0n) is 18.3. The lowest BCUT2D eigenvalue weighted by molar-refractivity contribution is 0.0477. The Bertz CT molecular complexity index is 699. The third kappa shape index (κ3) is 4.68. The molecule has 0 radical (unpaired) electrons. The van der Waals surface area contributed by atoms with Crippen molar-refractivity contribution in [3.05, 3.63) is 29.8 Å². The van der Waals surface area contributed by atoms with E-state index in [9.17, 15) is 5.11 Å². The minimum Gasteiger partial charge on any atom is -0.491 e. The van der Waals surface area contributed by atoms with Crippen LogP contribution in [0.4, 0.5) is 0 Å².